The van der Waals surface area contributed by atoms with Gasteiger partial charge < -0.3 is 0 Å². The maximum Gasteiger partial charge on any atom is 0.243 e. The molecule has 0 aliphatic carbocycles. The van der Waals surface area contributed by atoms with Crippen LogP contribution in [0.4, 0.5) is 4.39 Å². The molecule has 1 fully saturated rings. The number of sulfonamides is 1. The first-order chi connectivity index (χ1) is 8.91. The van der Waals surface area contributed by atoms with Crippen molar-refractivity contribution < 1.29 is 12.8 Å². The lowest BCUT2D eigenvalue weighted by atomic mass is 10.0. The highest BCUT2D eigenvalue weighted by Crippen LogP contribution is 2.25. The van der Waals surface area contributed by atoms with E-state index in [1.165, 1.54) is 10.4 Å². The minimum atomic E-state index is -3.55. The van der Waals surface area contributed by atoms with Gasteiger partial charge in [-0.15, -0.1) is 0 Å². The summed E-state index contributed by atoms with van der Waals surface area (Å²) in [7, 11) is -3.55. The number of rotatable bonds is 3. The normalized spacial score (nSPS) is 17.9. The van der Waals surface area contributed by atoms with Gasteiger partial charge in [0.15, 0.2) is 0 Å². The molecule has 1 saturated heterocycles. The van der Waals surface area contributed by atoms with Gasteiger partial charge in [0.2, 0.25) is 10.0 Å². The molecule has 2 rings (SSSR count). The smallest absolute Gasteiger partial charge is 0.207 e. The second-order valence-electron chi connectivity index (χ2n) is 5.34. The zero-order valence-electron chi connectivity index (χ0n) is 11.4. The van der Waals surface area contributed by atoms with E-state index in [0.29, 0.717) is 13.1 Å². The molecule has 0 amide bonds. The Morgan fingerprint density at radius 1 is 1.11 bits per heavy atom. The van der Waals surface area contributed by atoms with E-state index in [1.807, 2.05) is 13.8 Å². The quantitative estimate of drug-likeness (QED) is 0.855. The average Bonchev–Trinajstić information content (AvgIpc) is 2.39. The highest BCUT2D eigenvalue weighted by molar-refractivity contribution is 7.89. The van der Waals surface area contributed by atoms with Crippen LogP contribution in [-0.4, -0.2) is 25.8 Å². The van der Waals surface area contributed by atoms with Crippen LogP contribution in [0.5, 0.6) is 0 Å². The summed E-state index contributed by atoms with van der Waals surface area (Å²) in [6.07, 6.45) is 2.82. The molecule has 0 bridgehead atoms. The highest BCUT2D eigenvalue weighted by atomic mass is 32.2. The summed E-state index contributed by atoms with van der Waals surface area (Å²) in [5.74, 6) is -0.382. The molecule has 1 aromatic carbocycles. The molecule has 5 heteroatoms. The summed E-state index contributed by atoms with van der Waals surface area (Å²) in [4.78, 5) is 0.0816. The van der Waals surface area contributed by atoms with E-state index < -0.39 is 15.8 Å². The van der Waals surface area contributed by atoms with Crippen LogP contribution in [0.1, 0.15) is 44.6 Å². The Balaban J connectivity index is 2.39. The predicted octanol–water partition coefficient (Wildman–Crippen LogP) is 3.12. The SMILES string of the molecule is CC(C)c1cc(F)cc(S(=O)(=O)N2CCCCC2)c1. The second kappa shape index (κ2) is 5.59. The number of nitrogens with zero attached hydrogens (tertiary/aromatic N) is 1. The third-order valence-corrected chi connectivity index (χ3v) is 5.39. The van der Waals surface area contributed by atoms with Crippen molar-refractivity contribution in [1.29, 1.82) is 0 Å². The van der Waals surface area contributed by atoms with Gasteiger partial charge in [0.25, 0.3) is 0 Å². The van der Waals surface area contributed by atoms with E-state index in [0.717, 1.165) is 30.9 Å². The van der Waals surface area contributed by atoms with Gasteiger partial charge in [-0.3, -0.25) is 0 Å². The van der Waals surface area contributed by atoms with E-state index in [4.69, 9.17) is 0 Å². The fourth-order valence-electron chi connectivity index (χ4n) is 2.32. The Morgan fingerprint density at radius 3 is 2.32 bits per heavy atom. The first-order valence-corrected chi connectivity index (χ1v) is 8.16. The minimum absolute atomic E-state index is 0.0816. The van der Waals surface area contributed by atoms with Crippen LogP contribution in [0, 0.1) is 5.82 Å². The van der Waals surface area contributed by atoms with Crippen LogP contribution in [0.2, 0.25) is 0 Å². The molecule has 0 N–H and O–H groups in total. The maximum atomic E-state index is 13.6. The number of hydrogen-bond acceptors (Lipinski definition) is 2. The Kier molecular flexibility index (Phi) is 4.26. The first kappa shape index (κ1) is 14.5. The van der Waals surface area contributed by atoms with Gasteiger partial charge in [0, 0.05) is 13.1 Å². The van der Waals surface area contributed by atoms with E-state index >= 15 is 0 Å². The molecular weight excluding hydrogens is 265 g/mol. The standard InChI is InChI=1S/C14H20FNO2S/c1-11(2)12-8-13(15)10-14(9-12)19(17,18)16-6-4-3-5-7-16/h8-11H,3-7H2,1-2H3. The lowest BCUT2D eigenvalue weighted by Gasteiger charge is -2.26. The summed E-state index contributed by atoms with van der Waals surface area (Å²) < 4.78 is 40.0. The summed E-state index contributed by atoms with van der Waals surface area (Å²) in [6.45, 7) is 4.92. The van der Waals surface area contributed by atoms with Crippen molar-refractivity contribution in [3.05, 3.63) is 29.6 Å². The topological polar surface area (TPSA) is 37.4 Å². The maximum absolute atomic E-state index is 13.6. The number of hydrogen-bond donors (Lipinski definition) is 0. The van der Waals surface area contributed by atoms with Crippen molar-refractivity contribution >= 4 is 10.0 Å². The van der Waals surface area contributed by atoms with E-state index in [9.17, 15) is 12.8 Å². The van der Waals surface area contributed by atoms with E-state index in [-0.39, 0.29) is 10.8 Å². The van der Waals surface area contributed by atoms with Crippen molar-refractivity contribution in [2.75, 3.05) is 13.1 Å². The minimum Gasteiger partial charge on any atom is -0.207 e. The Bertz CT molecular complexity index is 549. The molecule has 0 saturated carbocycles. The predicted molar refractivity (Wildman–Crippen MR) is 73.1 cm³/mol. The summed E-state index contributed by atoms with van der Waals surface area (Å²) in [5.41, 5.74) is 0.718. The molecule has 1 aliphatic rings. The molecule has 19 heavy (non-hydrogen) atoms. The van der Waals surface area contributed by atoms with E-state index in [2.05, 4.69) is 0 Å². The Labute approximate surface area is 114 Å². The number of piperidine rings is 1. The molecule has 1 aromatic rings. The van der Waals surface area contributed by atoms with Gasteiger partial charge in [-0.05, 0) is 42.5 Å². The fraction of sp³-hybridized carbons (Fsp3) is 0.571. The van der Waals surface area contributed by atoms with Crippen molar-refractivity contribution in [1.82, 2.24) is 4.31 Å². The zero-order chi connectivity index (χ0) is 14.0. The fourth-order valence-corrected chi connectivity index (χ4v) is 3.90. The van der Waals surface area contributed by atoms with E-state index in [1.54, 1.807) is 6.07 Å². The van der Waals surface area contributed by atoms with Crippen molar-refractivity contribution in [3.63, 3.8) is 0 Å². The van der Waals surface area contributed by atoms with Crippen molar-refractivity contribution in [3.8, 4) is 0 Å². The largest absolute Gasteiger partial charge is 0.243 e. The van der Waals surface area contributed by atoms with Crippen LogP contribution in [0.25, 0.3) is 0 Å². The molecule has 0 radical (unpaired) electrons. The lowest BCUT2D eigenvalue weighted by molar-refractivity contribution is 0.346. The molecule has 0 spiro atoms. The third-order valence-electron chi connectivity index (χ3n) is 3.51. The van der Waals surface area contributed by atoms with Crippen LogP contribution < -0.4 is 0 Å². The van der Waals surface area contributed by atoms with Gasteiger partial charge >= 0.3 is 0 Å². The lowest BCUT2D eigenvalue weighted by Crippen LogP contribution is -2.35. The van der Waals surface area contributed by atoms with Gasteiger partial charge in [-0.25, -0.2) is 12.8 Å². The zero-order valence-corrected chi connectivity index (χ0v) is 12.2. The molecule has 0 unspecified atom stereocenters. The van der Waals surface area contributed by atoms with Gasteiger partial charge in [0.05, 0.1) is 4.90 Å². The van der Waals surface area contributed by atoms with Crippen molar-refractivity contribution in [2.45, 2.75) is 43.9 Å². The summed E-state index contributed by atoms with van der Waals surface area (Å²) in [5, 5.41) is 0. The van der Waals surface area contributed by atoms with Crippen LogP contribution in [-0.2, 0) is 10.0 Å². The summed E-state index contributed by atoms with van der Waals surface area (Å²) in [6, 6.07) is 4.12. The molecular formula is C14H20FNO2S. The average molecular weight is 285 g/mol. The first-order valence-electron chi connectivity index (χ1n) is 6.72. The highest BCUT2D eigenvalue weighted by Gasteiger charge is 2.26. The second-order valence-corrected chi connectivity index (χ2v) is 7.28. The third kappa shape index (κ3) is 3.15. The Morgan fingerprint density at radius 2 is 1.74 bits per heavy atom. The van der Waals surface area contributed by atoms with Gasteiger partial charge in [-0.2, -0.15) is 4.31 Å². The van der Waals surface area contributed by atoms with Crippen LogP contribution in [0.3, 0.4) is 0 Å². The number of benzene rings is 1. The summed E-state index contributed by atoms with van der Waals surface area (Å²) >= 11 is 0. The Hall–Kier alpha value is -0.940. The van der Waals surface area contributed by atoms with Gasteiger partial charge in [0.1, 0.15) is 5.82 Å². The van der Waals surface area contributed by atoms with Crippen LogP contribution >= 0.6 is 0 Å². The van der Waals surface area contributed by atoms with Crippen LogP contribution in [0.15, 0.2) is 23.1 Å². The molecule has 0 aromatic heterocycles. The van der Waals surface area contributed by atoms with Gasteiger partial charge in [-0.1, -0.05) is 20.3 Å². The molecule has 0 atom stereocenters. The van der Waals surface area contributed by atoms with Crippen molar-refractivity contribution in [2.24, 2.45) is 0 Å². The monoisotopic (exact) mass is 285 g/mol. The molecule has 3 nitrogen and oxygen atoms in total. The molecule has 1 aliphatic heterocycles. The number of halogens is 1. The molecule has 1 heterocycles. The molecule has 106 valence electrons.